The SMILES string of the molecule is CC(C)(C)OC(=O)N1CCC(c2cn(C(C)(C)C)c3cc(Br)ccc23)CC1. The molecule has 2 heterocycles. The first kappa shape index (κ1) is 20.2. The van der Waals surface area contributed by atoms with Gasteiger partial charge in [-0.05, 0) is 78.0 Å². The van der Waals surface area contributed by atoms with E-state index in [1.807, 2.05) is 25.7 Å². The topological polar surface area (TPSA) is 34.5 Å². The zero-order valence-corrected chi connectivity index (χ0v) is 18.9. The molecule has 0 unspecified atom stereocenters. The summed E-state index contributed by atoms with van der Waals surface area (Å²) in [6, 6.07) is 6.55. The van der Waals surface area contributed by atoms with Gasteiger partial charge in [0, 0.05) is 40.2 Å². The molecule has 0 N–H and O–H groups in total. The third kappa shape index (κ3) is 4.50. The highest BCUT2D eigenvalue weighted by Gasteiger charge is 2.30. The summed E-state index contributed by atoms with van der Waals surface area (Å²) in [6.45, 7) is 14.0. The molecule has 1 saturated heterocycles. The van der Waals surface area contributed by atoms with Crippen LogP contribution in [-0.2, 0) is 10.3 Å². The molecule has 1 aliphatic heterocycles. The maximum absolute atomic E-state index is 12.3. The Morgan fingerprint density at radius 1 is 1.11 bits per heavy atom. The van der Waals surface area contributed by atoms with Crippen molar-refractivity contribution in [3.05, 3.63) is 34.4 Å². The molecular formula is C22H31BrN2O2. The van der Waals surface area contributed by atoms with Gasteiger partial charge in [-0.1, -0.05) is 22.0 Å². The second-order valence-corrected chi connectivity index (χ2v) is 10.4. The van der Waals surface area contributed by atoms with Crippen molar-refractivity contribution in [3.8, 4) is 0 Å². The van der Waals surface area contributed by atoms with Gasteiger partial charge in [0.2, 0.25) is 0 Å². The first-order chi connectivity index (χ1) is 12.5. The van der Waals surface area contributed by atoms with Crippen LogP contribution < -0.4 is 0 Å². The maximum atomic E-state index is 12.3. The second kappa shape index (κ2) is 7.16. The number of benzene rings is 1. The van der Waals surface area contributed by atoms with Crippen molar-refractivity contribution in [2.75, 3.05) is 13.1 Å². The van der Waals surface area contributed by atoms with Crippen LogP contribution in [0.5, 0.6) is 0 Å². The summed E-state index contributed by atoms with van der Waals surface area (Å²) in [6.07, 6.45) is 4.07. The Bertz CT molecular complexity index is 834. The van der Waals surface area contributed by atoms with Crippen molar-refractivity contribution in [3.63, 3.8) is 0 Å². The highest BCUT2D eigenvalue weighted by Crippen LogP contribution is 2.37. The van der Waals surface area contributed by atoms with E-state index in [1.54, 1.807) is 0 Å². The normalized spacial score (nSPS) is 16.8. The first-order valence-corrected chi connectivity index (χ1v) is 10.5. The summed E-state index contributed by atoms with van der Waals surface area (Å²) in [5, 5.41) is 1.32. The average molecular weight is 435 g/mol. The number of fused-ring (bicyclic) bond motifs is 1. The molecule has 0 aliphatic carbocycles. The molecule has 0 bridgehead atoms. The van der Waals surface area contributed by atoms with E-state index in [0.29, 0.717) is 5.92 Å². The number of piperidine rings is 1. The smallest absolute Gasteiger partial charge is 0.410 e. The Morgan fingerprint density at radius 3 is 2.30 bits per heavy atom. The van der Waals surface area contributed by atoms with Gasteiger partial charge in [0.1, 0.15) is 5.60 Å². The zero-order chi connectivity index (χ0) is 20.0. The van der Waals surface area contributed by atoms with E-state index >= 15 is 0 Å². The number of amides is 1. The molecule has 1 fully saturated rings. The van der Waals surface area contributed by atoms with Gasteiger partial charge in [-0.2, -0.15) is 0 Å². The van der Waals surface area contributed by atoms with E-state index in [0.717, 1.165) is 30.4 Å². The monoisotopic (exact) mass is 434 g/mol. The number of halogens is 1. The van der Waals surface area contributed by atoms with Crippen LogP contribution in [0.1, 0.15) is 65.9 Å². The van der Waals surface area contributed by atoms with Crippen LogP contribution in [0, 0.1) is 0 Å². The molecule has 0 atom stereocenters. The third-order valence-electron chi connectivity index (χ3n) is 5.11. The van der Waals surface area contributed by atoms with E-state index < -0.39 is 5.60 Å². The molecule has 1 aliphatic rings. The number of carbonyl (C=O) groups excluding carboxylic acids is 1. The van der Waals surface area contributed by atoms with Gasteiger partial charge >= 0.3 is 6.09 Å². The lowest BCUT2D eigenvalue weighted by molar-refractivity contribution is 0.0205. The first-order valence-electron chi connectivity index (χ1n) is 9.74. The van der Waals surface area contributed by atoms with Crippen LogP contribution in [0.3, 0.4) is 0 Å². The largest absolute Gasteiger partial charge is 0.444 e. The summed E-state index contributed by atoms with van der Waals surface area (Å²) in [5.41, 5.74) is 2.24. The van der Waals surface area contributed by atoms with Crippen LogP contribution in [0.25, 0.3) is 10.9 Å². The van der Waals surface area contributed by atoms with Crippen molar-refractivity contribution in [2.45, 2.75) is 71.4 Å². The van der Waals surface area contributed by atoms with Crippen LogP contribution in [0.15, 0.2) is 28.9 Å². The van der Waals surface area contributed by atoms with Gasteiger partial charge in [0.25, 0.3) is 0 Å². The zero-order valence-electron chi connectivity index (χ0n) is 17.3. The average Bonchev–Trinajstić information content (AvgIpc) is 2.92. The van der Waals surface area contributed by atoms with Gasteiger partial charge in [-0.25, -0.2) is 4.79 Å². The Balaban J connectivity index is 1.83. The number of likely N-dealkylation sites (tertiary alicyclic amines) is 1. The summed E-state index contributed by atoms with van der Waals surface area (Å²) < 4.78 is 9.01. The molecule has 5 heteroatoms. The third-order valence-corrected chi connectivity index (χ3v) is 5.60. The number of aromatic nitrogens is 1. The van der Waals surface area contributed by atoms with Crippen LogP contribution >= 0.6 is 15.9 Å². The molecule has 4 nitrogen and oxygen atoms in total. The van der Waals surface area contributed by atoms with E-state index in [-0.39, 0.29) is 11.6 Å². The van der Waals surface area contributed by atoms with Crippen molar-refractivity contribution < 1.29 is 9.53 Å². The molecule has 1 aromatic heterocycles. The minimum absolute atomic E-state index is 0.0223. The molecule has 1 amide bonds. The van der Waals surface area contributed by atoms with Gasteiger partial charge in [0.05, 0.1) is 0 Å². The highest BCUT2D eigenvalue weighted by molar-refractivity contribution is 9.10. The Kier molecular flexibility index (Phi) is 5.37. The minimum atomic E-state index is -0.443. The predicted octanol–water partition coefficient (Wildman–Crippen LogP) is 6.27. The van der Waals surface area contributed by atoms with E-state index in [4.69, 9.17) is 4.74 Å². The fraction of sp³-hybridized carbons (Fsp3) is 0.591. The minimum Gasteiger partial charge on any atom is -0.444 e. The number of carbonyl (C=O) groups is 1. The maximum Gasteiger partial charge on any atom is 0.410 e. The van der Waals surface area contributed by atoms with Crippen molar-refractivity contribution in [1.82, 2.24) is 9.47 Å². The van der Waals surface area contributed by atoms with Crippen LogP contribution in [0.4, 0.5) is 4.79 Å². The molecule has 0 spiro atoms. The predicted molar refractivity (Wildman–Crippen MR) is 114 cm³/mol. The van der Waals surface area contributed by atoms with E-state index in [2.05, 4.69) is 65.7 Å². The van der Waals surface area contributed by atoms with Gasteiger partial charge in [-0.3, -0.25) is 0 Å². The second-order valence-electron chi connectivity index (χ2n) is 9.53. The number of ether oxygens (including phenoxy) is 1. The highest BCUT2D eigenvalue weighted by atomic mass is 79.9. The number of hydrogen-bond acceptors (Lipinski definition) is 2. The summed E-state index contributed by atoms with van der Waals surface area (Å²) in [5.74, 6) is 0.468. The molecule has 148 valence electrons. The summed E-state index contributed by atoms with van der Waals surface area (Å²) >= 11 is 3.61. The van der Waals surface area contributed by atoms with E-state index in [9.17, 15) is 4.79 Å². The van der Waals surface area contributed by atoms with Crippen molar-refractivity contribution in [1.29, 1.82) is 0 Å². The number of nitrogens with zero attached hydrogens (tertiary/aromatic N) is 2. The lowest BCUT2D eigenvalue weighted by Crippen LogP contribution is -2.41. The Morgan fingerprint density at radius 2 is 1.74 bits per heavy atom. The van der Waals surface area contributed by atoms with Crippen LogP contribution in [0.2, 0.25) is 0 Å². The Hall–Kier alpha value is -1.49. The number of hydrogen-bond donors (Lipinski definition) is 0. The van der Waals surface area contributed by atoms with Gasteiger partial charge < -0.3 is 14.2 Å². The summed E-state index contributed by atoms with van der Waals surface area (Å²) in [7, 11) is 0. The van der Waals surface area contributed by atoms with Crippen LogP contribution in [-0.4, -0.2) is 34.3 Å². The van der Waals surface area contributed by atoms with Crippen molar-refractivity contribution >= 4 is 32.9 Å². The molecule has 27 heavy (non-hydrogen) atoms. The fourth-order valence-corrected chi connectivity index (χ4v) is 4.16. The van der Waals surface area contributed by atoms with Gasteiger partial charge in [0.15, 0.2) is 0 Å². The molecular weight excluding hydrogens is 404 g/mol. The lowest BCUT2D eigenvalue weighted by atomic mass is 9.89. The standard InChI is InChI=1S/C22H31BrN2O2/c1-21(2,3)25-14-18(17-8-7-16(23)13-19(17)25)15-9-11-24(12-10-15)20(26)27-22(4,5)6/h7-8,13-15H,9-12H2,1-6H3. The quantitative estimate of drug-likeness (QED) is 0.529. The molecule has 2 aromatic rings. The fourth-order valence-electron chi connectivity index (χ4n) is 3.81. The lowest BCUT2D eigenvalue weighted by Gasteiger charge is -2.33. The summed E-state index contributed by atoms with van der Waals surface area (Å²) in [4.78, 5) is 14.2. The van der Waals surface area contributed by atoms with Gasteiger partial charge in [-0.15, -0.1) is 0 Å². The van der Waals surface area contributed by atoms with Crippen molar-refractivity contribution in [2.24, 2.45) is 0 Å². The van der Waals surface area contributed by atoms with E-state index in [1.165, 1.54) is 16.5 Å². The molecule has 3 rings (SSSR count). The Labute approximate surface area is 171 Å². The molecule has 0 radical (unpaired) electrons. The number of rotatable bonds is 1. The molecule has 0 saturated carbocycles. The molecule has 1 aromatic carbocycles.